The minimum Gasteiger partial charge on any atom is -0.338 e. The van der Waals surface area contributed by atoms with Crippen molar-refractivity contribution in [2.75, 3.05) is 17.7 Å². The fourth-order valence-electron chi connectivity index (χ4n) is 2.84. The second-order valence-corrected chi connectivity index (χ2v) is 10.1. The predicted molar refractivity (Wildman–Crippen MR) is 118 cm³/mol. The molecule has 1 aliphatic carbocycles. The van der Waals surface area contributed by atoms with Crippen molar-refractivity contribution in [2.24, 2.45) is 0 Å². The quantitative estimate of drug-likeness (QED) is 0.386. The number of fused-ring (bicyclic) bond motifs is 1. The number of benzene rings is 1. The summed E-state index contributed by atoms with van der Waals surface area (Å²) in [7, 11) is 1.79. The zero-order chi connectivity index (χ0) is 20.4. The minimum atomic E-state index is 0.00897. The summed E-state index contributed by atoms with van der Waals surface area (Å²) >= 11 is 4.35. The van der Waals surface area contributed by atoms with Crippen molar-refractivity contribution in [3.05, 3.63) is 29.3 Å². The number of thiazole rings is 1. The van der Waals surface area contributed by atoms with E-state index in [0.29, 0.717) is 22.4 Å². The largest absolute Gasteiger partial charge is 0.338 e. The maximum Gasteiger partial charge on any atom is 0.233 e. The molecule has 0 aliphatic heterocycles. The lowest BCUT2D eigenvalue weighted by Crippen LogP contribution is -2.32. The maximum absolute atomic E-state index is 12.5. The molecule has 0 bridgehead atoms. The fourth-order valence-corrected chi connectivity index (χ4v) is 5.73. The molecule has 2 amide bonds. The molecule has 4 rings (SSSR count). The third kappa shape index (κ3) is 4.76. The molecule has 29 heavy (non-hydrogen) atoms. The first-order chi connectivity index (χ1) is 14.0. The van der Waals surface area contributed by atoms with Crippen molar-refractivity contribution in [1.29, 1.82) is 0 Å². The summed E-state index contributed by atoms with van der Waals surface area (Å²) in [5.41, 5.74) is 0.964. The average Bonchev–Trinajstić information content (AvgIpc) is 3.29. The van der Waals surface area contributed by atoms with Crippen LogP contribution in [0.5, 0.6) is 0 Å². The molecular formula is C19H21N5O2S3. The van der Waals surface area contributed by atoms with Gasteiger partial charge in [0.25, 0.3) is 0 Å². The molecule has 7 nitrogen and oxygen atoms in total. The number of hydrogen-bond donors (Lipinski definition) is 0. The molecule has 2 aromatic heterocycles. The van der Waals surface area contributed by atoms with Crippen molar-refractivity contribution >= 4 is 61.6 Å². The van der Waals surface area contributed by atoms with E-state index in [1.165, 1.54) is 23.1 Å². The topological polar surface area (TPSA) is 79.3 Å². The van der Waals surface area contributed by atoms with Gasteiger partial charge >= 0.3 is 0 Å². The summed E-state index contributed by atoms with van der Waals surface area (Å²) in [6.45, 7) is 2.34. The smallest absolute Gasteiger partial charge is 0.233 e. The van der Waals surface area contributed by atoms with Crippen LogP contribution in [0.15, 0.2) is 28.6 Å². The summed E-state index contributed by atoms with van der Waals surface area (Å²) in [5.74, 6) is 0.364. The van der Waals surface area contributed by atoms with Crippen LogP contribution in [0.2, 0.25) is 0 Å². The van der Waals surface area contributed by atoms with E-state index in [4.69, 9.17) is 0 Å². The highest BCUT2D eigenvalue weighted by Crippen LogP contribution is 2.36. The van der Waals surface area contributed by atoms with Crippen LogP contribution in [0.4, 0.5) is 5.13 Å². The van der Waals surface area contributed by atoms with E-state index >= 15 is 0 Å². The molecule has 0 atom stereocenters. The Morgan fingerprint density at radius 1 is 1.17 bits per heavy atom. The summed E-state index contributed by atoms with van der Waals surface area (Å²) in [6.07, 6.45) is 2.49. The lowest BCUT2D eigenvalue weighted by Gasteiger charge is -2.17. The number of thioether (sulfide) groups is 1. The first-order valence-corrected chi connectivity index (χ1v) is 12.0. The van der Waals surface area contributed by atoms with Crippen LogP contribution in [0, 0.1) is 0 Å². The molecule has 2 heterocycles. The molecular weight excluding hydrogens is 426 g/mol. The van der Waals surface area contributed by atoms with E-state index in [1.54, 1.807) is 28.2 Å². The molecule has 152 valence electrons. The zero-order valence-corrected chi connectivity index (χ0v) is 18.6. The predicted octanol–water partition coefficient (Wildman–Crippen LogP) is 3.80. The fraction of sp³-hybridized carbons (Fsp3) is 0.421. The van der Waals surface area contributed by atoms with Crippen LogP contribution in [-0.2, 0) is 16.1 Å². The second-order valence-electron chi connectivity index (χ2n) is 6.81. The number of anilines is 1. The number of amides is 2. The van der Waals surface area contributed by atoms with Crippen LogP contribution in [0.3, 0.4) is 0 Å². The van der Waals surface area contributed by atoms with Gasteiger partial charge in [0.05, 0.1) is 22.5 Å². The first-order valence-electron chi connectivity index (χ1n) is 9.42. The van der Waals surface area contributed by atoms with Gasteiger partial charge in [-0.3, -0.25) is 14.5 Å². The highest BCUT2D eigenvalue weighted by Gasteiger charge is 2.35. The SMILES string of the molecule is CCC(=O)N(c1nnc(SCC(=O)N(C)Cc2nc3ccccc3s2)s1)C1CC1. The maximum atomic E-state index is 12.5. The molecule has 3 aromatic rings. The lowest BCUT2D eigenvalue weighted by atomic mass is 10.3. The highest BCUT2D eigenvalue weighted by atomic mass is 32.2. The molecule has 0 saturated heterocycles. The standard InChI is InChI=1S/C19H21N5O2S3/c1-3-16(25)24(12-8-9-12)18-21-22-19(29-18)27-11-17(26)23(2)10-15-20-13-6-4-5-7-14(13)28-15/h4-7,12H,3,8-11H2,1-2H3. The Balaban J connectivity index is 1.33. The summed E-state index contributed by atoms with van der Waals surface area (Å²) in [6, 6.07) is 8.23. The summed E-state index contributed by atoms with van der Waals surface area (Å²) < 4.78 is 1.83. The van der Waals surface area contributed by atoms with Gasteiger partial charge in [0.2, 0.25) is 16.9 Å². The lowest BCUT2D eigenvalue weighted by molar-refractivity contribution is -0.127. The number of carbonyl (C=O) groups is 2. The number of nitrogens with zero attached hydrogens (tertiary/aromatic N) is 5. The molecule has 10 heteroatoms. The molecule has 0 unspecified atom stereocenters. The Labute approximate surface area is 181 Å². The van der Waals surface area contributed by atoms with Gasteiger partial charge in [-0.15, -0.1) is 21.5 Å². The van der Waals surface area contributed by atoms with Gasteiger partial charge in [0.15, 0.2) is 4.34 Å². The van der Waals surface area contributed by atoms with Crippen LogP contribution >= 0.6 is 34.4 Å². The molecule has 1 aliphatic rings. The van der Waals surface area contributed by atoms with Crippen LogP contribution in [0.25, 0.3) is 10.2 Å². The molecule has 1 fully saturated rings. The highest BCUT2D eigenvalue weighted by molar-refractivity contribution is 8.01. The van der Waals surface area contributed by atoms with Gasteiger partial charge in [0.1, 0.15) is 5.01 Å². The van der Waals surface area contributed by atoms with Crippen molar-refractivity contribution in [1.82, 2.24) is 20.1 Å². The van der Waals surface area contributed by atoms with E-state index < -0.39 is 0 Å². The third-order valence-corrected chi connectivity index (χ3v) is 7.60. The van der Waals surface area contributed by atoms with Gasteiger partial charge in [-0.05, 0) is 25.0 Å². The Kier molecular flexibility index (Phi) is 6.12. The van der Waals surface area contributed by atoms with E-state index in [0.717, 1.165) is 28.1 Å². The van der Waals surface area contributed by atoms with Crippen LogP contribution in [0.1, 0.15) is 31.2 Å². The van der Waals surface area contributed by atoms with Crippen LogP contribution < -0.4 is 4.90 Å². The Morgan fingerprint density at radius 3 is 2.69 bits per heavy atom. The van der Waals surface area contributed by atoms with Gasteiger partial charge in [-0.2, -0.15) is 0 Å². The number of aromatic nitrogens is 3. The molecule has 1 aromatic carbocycles. The number of carbonyl (C=O) groups excluding carboxylic acids is 2. The zero-order valence-electron chi connectivity index (χ0n) is 16.2. The van der Waals surface area contributed by atoms with Crippen LogP contribution in [-0.4, -0.2) is 50.7 Å². The van der Waals surface area contributed by atoms with Crippen molar-refractivity contribution in [2.45, 2.75) is 43.1 Å². The van der Waals surface area contributed by atoms with E-state index in [-0.39, 0.29) is 23.6 Å². The van der Waals surface area contributed by atoms with Crippen molar-refractivity contribution < 1.29 is 9.59 Å². The Morgan fingerprint density at radius 2 is 1.97 bits per heavy atom. The molecule has 0 spiro atoms. The summed E-state index contributed by atoms with van der Waals surface area (Å²) in [5, 5.41) is 9.90. The first kappa shape index (κ1) is 20.2. The monoisotopic (exact) mass is 447 g/mol. The molecule has 0 radical (unpaired) electrons. The van der Waals surface area contributed by atoms with Crippen molar-refractivity contribution in [3.8, 4) is 0 Å². The van der Waals surface area contributed by atoms with E-state index in [2.05, 4.69) is 15.2 Å². The average molecular weight is 448 g/mol. The van der Waals surface area contributed by atoms with E-state index in [9.17, 15) is 9.59 Å². The van der Waals surface area contributed by atoms with Gasteiger partial charge in [-0.1, -0.05) is 42.2 Å². The van der Waals surface area contributed by atoms with E-state index in [1.807, 2.05) is 31.2 Å². The number of rotatable bonds is 8. The molecule has 1 saturated carbocycles. The third-order valence-electron chi connectivity index (χ3n) is 4.54. The number of para-hydroxylation sites is 1. The summed E-state index contributed by atoms with van der Waals surface area (Å²) in [4.78, 5) is 32.7. The number of hydrogen-bond acceptors (Lipinski definition) is 8. The van der Waals surface area contributed by atoms with Crippen molar-refractivity contribution in [3.63, 3.8) is 0 Å². The van der Waals surface area contributed by atoms with Gasteiger partial charge in [-0.25, -0.2) is 4.98 Å². The van der Waals surface area contributed by atoms with Gasteiger partial charge < -0.3 is 4.90 Å². The second kappa shape index (κ2) is 8.76. The van der Waals surface area contributed by atoms with Gasteiger partial charge in [0, 0.05) is 19.5 Å². The Hall–Kier alpha value is -2.04. The normalized spacial score (nSPS) is 13.6. The minimum absolute atomic E-state index is 0.00897. The molecule has 0 N–H and O–H groups in total. The Bertz CT molecular complexity index is 997.